The average Bonchev–Trinajstić information content (AvgIpc) is 2.21. The van der Waals surface area contributed by atoms with Gasteiger partial charge in [0.25, 0.3) is 0 Å². The van der Waals surface area contributed by atoms with Crippen LogP contribution in [-0.2, 0) is 9.53 Å². The number of nitrogens with one attached hydrogen (secondary N) is 2. The Kier molecular flexibility index (Phi) is 6.54. The number of carbonyl (C=O) groups excluding carboxylic acids is 2. The summed E-state index contributed by atoms with van der Waals surface area (Å²) in [6, 6.07) is -0.460. The van der Waals surface area contributed by atoms with Gasteiger partial charge in [-0.3, -0.25) is 4.79 Å². The minimum Gasteiger partial charge on any atom is -0.481 e. The van der Waals surface area contributed by atoms with Crippen LogP contribution in [0.1, 0.15) is 26.7 Å². The lowest BCUT2D eigenvalue weighted by molar-refractivity contribution is -0.137. The number of hydrogen-bond acceptors (Lipinski definition) is 4. The van der Waals surface area contributed by atoms with Crippen molar-refractivity contribution in [1.82, 2.24) is 10.6 Å². The number of amides is 3. The van der Waals surface area contributed by atoms with Gasteiger partial charge in [-0.2, -0.15) is 0 Å². The van der Waals surface area contributed by atoms with Crippen LogP contribution in [0.2, 0.25) is 0 Å². The highest BCUT2D eigenvalue weighted by molar-refractivity contribution is 5.75. The third-order valence-electron chi connectivity index (χ3n) is 2.05. The van der Waals surface area contributed by atoms with Crippen molar-refractivity contribution in [2.24, 2.45) is 5.73 Å². The smallest absolute Gasteiger partial charge is 0.404 e. The number of primary amides is 1. The highest BCUT2D eigenvalue weighted by Gasteiger charge is 2.21. The van der Waals surface area contributed by atoms with E-state index in [1.807, 2.05) is 0 Å². The predicted molar refractivity (Wildman–Crippen MR) is 63.0 cm³/mol. The molecule has 0 aliphatic carbocycles. The van der Waals surface area contributed by atoms with Crippen molar-refractivity contribution in [2.75, 3.05) is 13.2 Å². The average molecular weight is 261 g/mol. The van der Waals surface area contributed by atoms with Gasteiger partial charge in [0.1, 0.15) is 6.61 Å². The first kappa shape index (κ1) is 16.0. The van der Waals surface area contributed by atoms with Gasteiger partial charge in [-0.15, -0.1) is 0 Å². The van der Waals surface area contributed by atoms with E-state index in [2.05, 4.69) is 15.4 Å². The predicted octanol–water partition coefficient (Wildman–Crippen LogP) is 0.0243. The molecule has 18 heavy (non-hydrogen) atoms. The number of carboxylic acids is 1. The number of hydrogen-bond donors (Lipinski definition) is 4. The third-order valence-corrected chi connectivity index (χ3v) is 2.05. The van der Waals surface area contributed by atoms with Crippen LogP contribution in [-0.4, -0.2) is 41.9 Å². The first-order valence-corrected chi connectivity index (χ1v) is 5.43. The molecule has 0 aliphatic rings. The van der Waals surface area contributed by atoms with E-state index in [9.17, 15) is 14.4 Å². The van der Waals surface area contributed by atoms with Gasteiger partial charge in [0, 0.05) is 12.0 Å². The molecule has 0 saturated carbocycles. The fourth-order valence-corrected chi connectivity index (χ4v) is 1.15. The Balaban J connectivity index is 3.84. The van der Waals surface area contributed by atoms with Crippen LogP contribution in [0.15, 0.2) is 0 Å². The van der Waals surface area contributed by atoms with Crippen LogP contribution < -0.4 is 16.4 Å². The largest absolute Gasteiger partial charge is 0.481 e. The van der Waals surface area contributed by atoms with Crippen LogP contribution in [0.3, 0.4) is 0 Å². The Morgan fingerprint density at radius 3 is 2.44 bits per heavy atom. The number of aliphatic carboxylic acids is 1. The zero-order chi connectivity index (χ0) is 14.2. The molecule has 0 fully saturated rings. The van der Waals surface area contributed by atoms with Gasteiger partial charge in [0.15, 0.2) is 0 Å². The van der Waals surface area contributed by atoms with E-state index in [4.69, 9.17) is 10.8 Å². The Hall–Kier alpha value is -1.99. The van der Waals surface area contributed by atoms with Crippen LogP contribution in [0.5, 0.6) is 0 Å². The van der Waals surface area contributed by atoms with Crippen molar-refractivity contribution in [3.8, 4) is 0 Å². The van der Waals surface area contributed by atoms with Crippen molar-refractivity contribution in [2.45, 2.75) is 32.2 Å². The third kappa shape index (κ3) is 9.25. The van der Waals surface area contributed by atoms with Crippen LogP contribution in [0.25, 0.3) is 0 Å². The Morgan fingerprint density at radius 1 is 1.33 bits per heavy atom. The second kappa shape index (κ2) is 7.36. The monoisotopic (exact) mass is 261 g/mol. The molecule has 0 aromatic heterocycles. The summed E-state index contributed by atoms with van der Waals surface area (Å²) in [7, 11) is 0. The maximum atomic E-state index is 11.4. The van der Waals surface area contributed by atoms with Crippen molar-refractivity contribution in [3.05, 3.63) is 0 Å². The minimum atomic E-state index is -0.917. The van der Waals surface area contributed by atoms with Gasteiger partial charge in [-0.25, -0.2) is 9.59 Å². The zero-order valence-corrected chi connectivity index (χ0v) is 10.5. The summed E-state index contributed by atoms with van der Waals surface area (Å²) in [5, 5.41) is 13.6. The van der Waals surface area contributed by atoms with E-state index in [0.29, 0.717) is 6.42 Å². The number of carboxylic acid groups (broad SMARTS) is 1. The molecule has 0 rings (SSSR count). The number of urea groups is 1. The topological polar surface area (TPSA) is 131 Å². The maximum absolute atomic E-state index is 11.4. The van der Waals surface area contributed by atoms with Gasteiger partial charge in [0.05, 0.1) is 6.54 Å². The van der Waals surface area contributed by atoms with Gasteiger partial charge in [0.2, 0.25) is 0 Å². The van der Waals surface area contributed by atoms with Crippen molar-refractivity contribution in [3.63, 3.8) is 0 Å². The van der Waals surface area contributed by atoms with Gasteiger partial charge in [-0.05, 0) is 20.3 Å². The molecule has 0 unspecified atom stereocenters. The Morgan fingerprint density at radius 2 is 1.94 bits per heavy atom. The molecule has 0 bridgehead atoms. The van der Waals surface area contributed by atoms with E-state index in [0.717, 1.165) is 0 Å². The molecule has 0 spiro atoms. The summed E-state index contributed by atoms with van der Waals surface area (Å²) in [4.78, 5) is 32.1. The van der Waals surface area contributed by atoms with Crippen LogP contribution >= 0.6 is 0 Å². The quantitative estimate of drug-likeness (QED) is 0.480. The molecule has 5 N–H and O–H groups in total. The molecule has 3 amide bonds. The van der Waals surface area contributed by atoms with E-state index in [-0.39, 0.29) is 19.6 Å². The first-order chi connectivity index (χ1) is 8.23. The fourth-order valence-electron chi connectivity index (χ4n) is 1.15. The second-order valence-corrected chi connectivity index (χ2v) is 4.33. The van der Waals surface area contributed by atoms with Gasteiger partial charge < -0.3 is 26.2 Å². The van der Waals surface area contributed by atoms with Crippen molar-refractivity contribution < 1.29 is 24.2 Å². The lowest BCUT2D eigenvalue weighted by atomic mass is 9.99. The standard InChI is InChI=1S/C10H19N3O5/c1-10(2,4-3-7(14)15)13-9(17)12-5-6-18-8(11)16/h3-6H2,1-2H3,(H2,11,16)(H,14,15)(H2,12,13,17). The molecule has 0 atom stereocenters. The SMILES string of the molecule is CC(C)(CCC(=O)O)NC(=O)NCCOC(N)=O. The lowest BCUT2D eigenvalue weighted by Gasteiger charge is -2.25. The molecule has 0 aromatic rings. The van der Waals surface area contributed by atoms with Gasteiger partial charge in [-0.1, -0.05) is 0 Å². The van der Waals surface area contributed by atoms with E-state index >= 15 is 0 Å². The molecule has 0 saturated heterocycles. The molecule has 0 aromatic carbocycles. The number of carbonyl (C=O) groups is 3. The van der Waals surface area contributed by atoms with Crippen molar-refractivity contribution >= 4 is 18.1 Å². The number of nitrogens with two attached hydrogens (primary N) is 1. The summed E-state index contributed by atoms with van der Waals surface area (Å²) < 4.78 is 4.42. The van der Waals surface area contributed by atoms with Crippen LogP contribution in [0, 0.1) is 0 Å². The van der Waals surface area contributed by atoms with E-state index < -0.39 is 23.6 Å². The Bertz CT molecular complexity index is 317. The first-order valence-electron chi connectivity index (χ1n) is 5.43. The summed E-state index contributed by atoms with van der Waals surface area (Å²) in [5.41, 5.74) is 4.10. The second-order valence-electron chi connectivity index (χ2n) is 4.33. The van der Waals surface area contributed by atoms with E-state index in [1.54, 1.807) is 13.8 Å². The molecule has 8 heteroatoms. The highest BCUT2D eigenvalue weighted by Crippen LogP contribution is 2.10. The van der Waals surface area contributed by atoms with Gasteiger partial charge >= 0.3 is 18.1 Å². The summed E-state index contributed by atoms with van der Waals surface area (Å²) in [5.74, 6) is -0.917. The fraction of sp³-hybridized carbons (Fsp3) is 0.700. The molecule has 0 heterocycles. The summed E-state index contributed by atoms with van der Waals surface area (Å²) in [6.45, 7) is 3.55. The normalized spacial score (nSPS) is 10.6. The highest BCUT2D eigenvalue weighted by atomic mass is 16.5. The summed E-state index contributed by atoms with van der Waals surface area (Å²) in [6.07, 6.45) is -0.620. The van der Waals surface area contributed by atoms with E-state index in [1.165, 1.54) is 0 Å². The number of ether oxygens (including phenoxy) is 1. The molecule has 0 aliphatic heterocycles. The number of rotatable bonds is 7. The maximum Gasteiger partial charge on any atom is 0.404 e. The summed E-state index contributed by atoms with van der Waals surface area (Å²) >= 11 is 0. The molecule has 0 radical (unpaired) electrons. The molecular formula is C10H19N3O5. The van der Waals surface area contributed by atoms with Crippen LogP contribution in [0.4, 0.5) is 9.59 Å². The molecule has 104 valence electrons. The Labute approximate surface area is 105 Å². The molecular weight excluding hydrogens is 242 g/mol. The lowest BCUT2D eigenvalue weighted by Crippen LogP contribution is -2.49. The van der Waals surface area contributed by atoms with Crippen molar-refractivity contribution in [1.29, 1.82) is 0 Å². The molecule has 8 nitrogen and oxygen atoms in total. The zero-order valence-electron chi connectivity index (χ0n) is 10.5. The minimum absolute atomic E-state index is 0.0156.